The maximum absolute atomic E-state index is 13.2. The lowest BCUT2D eigenvalue weighted by molar-refractivity contribution is -0.116. The van der Waals surface area contributed by atoms with Gasteiger partial charge < -0.3 is 14.2 Å². The molecule has 8 heteroatoms. The summed E-state index contributed by atoms with van der Waals surface area (Å²) >= 11 is 1.34. The van der Waals surface area contributed by atoms with Gasteiger partial charge in [-0.3, -0.25) is 4.79 Å². The van der Waals surface area contributed by atoms with Crippen molar-refractivity contribution in [2.45, 2.75) is 25.5 Å². The number of benzene rings is 2. The van der Waals surface area contributed by atoms with Crippen LogP contribution >= 0.6 is 11.8 Å². The molecule has 0 aliphatic heterocycles. The van der Waals surface area contributed by atoms with E-state index in [1.54, 1.807) is 24.1 Å². The van der Waals surface area contributed by atoms with E-state index in [4.69, 9.17) is 4.74 Å². The third-order valence-corrected chi connectivity index (χ3v) is 5.41. The molecule has 1 heterocycles. The second kappa shape index (κ2) is 9.56. The van der Waals surface area contributed by atoms with Gasteiger partial charge in [0.1, 0.15) is 11.6 Å². The van der Waals surface area contributed by atoms with E-state index in [0.717, 1.165) is 17.1 Å². The van der Waals surface area contributed by atoms with E-state index in [2.05, 4.69) is 10.2 Å². The second-order valence-corrected chi connectivity index (χ2v) is 7.12. The molecule has 0 aliphatic rings. The molecule has 0 bridgehead atoms. The number of anilines is 1. The van der Waals surface area contributed by atoms with Crippen molar-refractivity contribution in [3.63, 3.8) is 0 Å². The molecule has 3 aromatic rings. The van der Waals surface area contributed by atoms with Crippen molar-refractivity contribution in [2.75, 3.05) is 24.3 Å². The van der Waals surface area contributed by atoms with Crippen molar-refractivity contribution in [2.24, 2.45) is 0 Å². The van der Waals surface area contributed by atoms with E-state index in [1.807, 2.05) is 42.7 Å². The molecular formula is C21H23FN4O2S. The molecule has 1 amide bonds. The van der Waals surface area contributed by atoms with Crippen molar-refractivity contribution in [3.05, 3.63) is 54.3 Å². The van der Waals surface area contributed by atoms with Crippen LogP contribution in [0.2, 0.25) is 0 Å². The smallest absolute Gasteiger partial charge is 0.237 e. The molecule has 152 valence electrons. The summed E-state index contributed by atoms with van der Waals surface area (Å²) in [6.45, 7) is 5.09. The number of hydrogen-bond acceptors (Lipinski definition) is 5. The first-order valence-electron chi connectivity index (χ1n) is 9.33. The fraction of sp³-hybridized carbons (Fsp3) is 0.286. The lowest BCUT2D eigenvalue weighted by Gasteiger charge is -2.20. The highest BCUT2D eigenvalue weighted by atomic mass is 32.2. The highest BCUT2D eigenvalue weighted by Gasteiger charge is 2.18. The number of methoxy groups -OCH3 is 1. The van der Waals surface area contributed by atoms with Gasteiger partial charge in [0.2, 0.25) is 5.91 Å². The van der Waals surface area contributed by atoms with Crippen LogP contribution in [0.5, 0.6) is 5.75 Å². The molecule has 0 N–H and O–H groups in total. The van der Waals surface area contributed by atoms with Crippen LogP contribution in [0.3, 0.4) is 0 Å². The molecule has 1 aromatic heterocycles. The van der Waals surface area contributed by atoms with Gasteiger partial charge in [0.15, 0.2) is 11.0 Å². The largest absolute Gasteiger partial charge is 0.497 e. The van der Waals surface area contributed by atoms with Gasteiger partial charge in [-0.05, 0) is 62.4 Å². The van der Waals surface area contributed by atoms with Crippen molar-refractivity contribution < 1.29 is 13.9 Å². The Morgan fingerprint density at radius 2 is 1.79 bits per heavy atom. The minimum atomic E-state index is -0.325. The molecular weight excluding hydrogens is 391 g/mol. The lowest BCUT2D eigenvalue weighted by Crippen LogP contribution is -2.32. The van der Waals surface area contributed by atoms with Crippen molar-refractivity contribution in [3.8, 4) is 17.1 Å². The number of halogens is 1. The number of nitrogens with zero attached hydrogens (tertiary/aromatic N) is 4. The zero-order chi connectivity index (χ0) is 20.8. The van der Waals surface area contributed by atoms with Crippen LogP contribution in [0, 0.1) is 5.82 Å². The maximum atomic E-state index is 13.2. The molecule has 2 aromatic carbocycles. The van der Waals surface area contributed by atoms with Gasteiger partial charge in [-0.25, -0.2) is 4.39 Å². The Labute approximate surface area is 173 Å². The first kappa shape index (κ1) is 20.9. The van der Waals surface area contributed by atoms with Gasteiger partial charge >= 0.3 is 0 Å². The van der Waals surface area contributed by atoms with Gasteiger partial charge in [-0.15, -0.1) is 10.2 Å². The van der Waals surface area contributed by atoms with E-state index in [9.17, 15) is 9.18 Å². The van der Waals surface area contributed by atoms with Crippen LogP contribution in [0.15, 0.2) is 53.7 Å². The summed E-state index contributed by atoms with van der Waals surface area (Å²) in [4.78, 5) is 14.3. The number of aromatic nitrogens is 3. The van der Waals surface area contributed by atoms with Crippen LogP contribution in [-0.2, 0) is 11.3 Å². The zero-order valence-corrected chi connectivity index (χ0v) is 17.4. The summed E-state index contributed by atoms with van der Waals surface area (Å²) in [6, 6.07) is 13.5. The number of carbonyl (C=O) groups is 1. The normalized spacial score (nSPS) is 10.8. The Morgan fingerprint density at radius 1 is 1.10 bits per heavy atom. The first-order valence-corrected chi connectivity index (χ1v) is 10.3. The van der Waals surface area contributed by atoms with Crippen molar-refractivity contribution >= 4 is 23.4 Å². The van der Waals surface area contributed by atoms with Crippen LogP contribution in [0.1, 0.15) is 13.8 Å². The summed E-state index contributed by atoms with van der Waals surface area (Å²) in [5.41, 5.74) is 1.61. The van der Waals surface area contributed by atoms with E-state index in [0.29, 0.717) is 23.9 Å². The topological polar surface area (TPSA) is 60.3 Å². The summed E-state index contributed by atoms with van der Waals surface area (Å²) in [7, 11) is 1.63. The van der Waals surface area contributed by atoms with Crippen molar-refractivity contribution in [1.29, 1.82) is 0 Å². The second-order valence-electron chi connectivity index (χ2n) is 6.18. The van der Waals surface area contributed by atoms with Gasteiger partial charge in [-0.2, -0.15) is 0 Å². The fourth-order valence-electron chi connectivity index (χ4n) is 2.96. The summed E-state index contributed by atoms with van der Waals surface area (Å²) in [5, 5.41) is 9.26. The summed E-state index contributed by atoms with van der Waals surface area (Å²) in [6.07, 6.45) is 0. The monoisotopic (exact) mass is 414 g/mol. The summed E-state index contributed by atoms with van der Waals surface area (Å²) < 4.78 is 20.3. The molecule has 0 radical (unpaired) electrons. The Bertz CT molecular complexity index is 958. The minimum absolute atomic E-state index is 0.0687. The van der Waals surface area contributed by atoms with Gasteiger partial charge in [0, 0.05) is 24.3 Å². The number of hydrogen-bond donors (Lipinski definition) is 0. The van der Waals surface area contributed by atoms with Crippen molar-refractivity contribution in [1.82, 2.24) is 14.8 Å². The van der Waals surface area contributed by atoms with Crippen LogP contribution in [-0.4, -0.2) is 40.1 Å². The molecule has 0 unspecified atom stereocenters. The third kappa shape index (κ3) is 4.76. The number of amides is 1. The molecule has 0 saturated heterocycles. The predicted octanol–water partition coefficient (Wildman–Crippen LogP) is 4.26. The molecule has 0 atom stereocenters. The van der Waals surface area contributed by atoms with E-state index < -0.39 is 0 Å². The molecule has 29 heavy (non-hydrogen) atoms. The molecule has 0 aliphatic carbocycles. The highest BCUT2D eigenvalue weighted by molar-refractivity contribution is 7.99. The molecule has 3 rings (SSSR count). The first-order chi connectivity index (χ1) is 14.1. The Hall–Kier alpha value is -2.87. The number of carbonyl (C=O) groups excluding carboxylic acids is 1. The molecule has 0 spiro atoms. The van der Waals surface area contributed by atoms with Crippen LogP contribution in [0.25, 0.3) is 11.4 Å². The van der Waals surface area contributed by atoms with Crippen LogP contribution < -0.4 is 9.64 Å². The Kier molecular flexibility index (Phi) is 6.87. The van der Waals surface area contributed by atoms with E-state index in [1.165, 1.54) is 23.9 Å². The number of thioether (sulfide) groups is 1. The zero-order valence-electron chi connectivity index (χ0n) is 16.6. The quantitative estimate of drug-likeness (QED) is 0.516. The van der Waals surface area contributed by atoms with E-state index in [-0.39, 0.29) is 17.5 Å². The molecule has 0 saturated carbocycles. The Morgan fingerprint density at radius 3 is 2.38 bits per heavy atom. The average Bonchev–Trinajstić information content (AvgIpc) is 3.17. The predicted molar refractivity (Wildman–Crippen MR) is 113 cm³/mol. The molecule has 0 fully saturated rings. The molecule has 6 nitrogen and oxygen atoms in total. The standard InChI is InChI=1S/C21H23FN4O2S/c1-4-25(17-10-8-16(22)9-11-17)19(27)14-29-21-24-23-20(26(21)5-2)15-6-12-18(28-3)13-7-15/h6-13H,4-5,14H2,1-3H3. The SMILES string of the molecule is CCN(C(=O)CSc1nnc(-c2ccc(OC)cc2)n1CC)c1ccc(F)cc1. The summed E-state index contributed by atoms with van der Waals surface area (Å²) in [5.74, 6) is 1.34. The van der Waals surface area contributed by atoms with Gasteiger partial charge in [0.25, 0.3) is 0 Å². The maximum Gasteiger partial charge on any atom is 0.237 e. The highest BCUT2D eigenvalue weighted by Crippen LogP contribution is 2.26. The van der Waals surface area contributed by atoms with Gasteiger partial charge in [-0.1, -0.05) is 11.8 Å². The lowest BCUT2D eigenvalue weighted by atomic mass is 10.2. The fourth-order valence-corrected chi connectivity index (χ4v) is 3.84. The van der Waals surface area contributed by atoms with E-state index >= 15 is 0 Å². The Balaban J connectivity index is 1.73. The number of rotatable bonds is 8. The number of ether oxygens (including phenoxy) is 1. The van der Waals surface area contributed by atoms with Gasteiger partial charge in [0.05, 0.1) is 12.9 Å². The third-order valence-electron chi connectivity index (χ3n) is 4.46. The average molecular weight is 415 g/mol. The van der Waals surface area contributed by atoms with Crippen LogP contribution in [0.4, 0.5) is 10.1 Å². The minimum Gasteiger partial charge on any atom is -0.497 e.